The number of nitrogens with zero attached hydrogens (tertiary/aromatic N) is 2. The lowest BCUT2D eigenvalue weighted by Gasteiger charge is -2.14. The number of fused-ring (bicyclic) bond motifs is 1. The molecule has 4 nitrogen and oxygen atoms in total. The maximum Gasteiger partial charge on any atom is 0.223 e. The molecule has 28 heavy (non-hydrogen) atoms. The van der Waals surface area contributed by atoms with Crippen LogP contribution in [0.2, 0.25) is 10.0 Å². The summed E-state index contributed by atoms with van der Waals surface area (Å²) in [6.07, 6.45) is 2.37. The van der Waals surface area contributed by atoms with Crippen LogP contribution in [0.15, 0.2) is 42.5 Å². The van der Waals surface area contributed by atoms with Gasteiger partial charge in [-0.25, -0.2) is 4.98 Å². The number of rotatable bonds is 8. The minimum Gasteiger partial charge on any atom is -0.355 e. The van der Waals surface area contributed by atoms with E-state index in [9.17, 15) is 4.79 Å². The molecule has 0 spiro atoms. The fourth-order valence-corrected chi connectivity index (χ4v) is 3.88. The van der Waals surface area contributed by atoms with Crippen LogP contribution in [0.3, 0.4) is 0 Å². The average molecular weight is 418 g/mol. The molecule has 1 aromatic heterocycles. The number of hydrogen-bond donors (Lipinski definition) is 1. The van der Waals surface area contributed by atoms with E-state index in [1.54, 1.807) is 6.07 Å². The zero-order chi connectivity index (χ0) is 20.1. The molecule has 0 unspecified atom stereocenters. The smallest absolute Gasteiger partial charge is 0.223 e. The van der Waals surface area contributed by atoms with Gasteiger partial charge in [0.15, 0.2) is 0 Å². The van der Waals surface area contributed by atoms with Crippen molar-refractivity contribution in [3.63, 3.8) is 0 Å². The van der Waals surface area contributed by atoms with Gasteiger partial charge in [0.2, 0.25) is 5.91 Å². The minimum absolute atomic E-state index is 0.0756. The highest BCUT2D eigenvalue weighted by atomic mass is 35.5. The number of halogens is 2. The standard InChI is InChI=1S/C22H25Cl2N3O/c1-3-15(4-2)22(28)25-12-11-21-26-19-7-5-6-8-20(19)27(21)14-16-9-10-17(23)13-18(16)24/h5-10,13,15H,3-4,11-12,14H2,1-2H3,(H,25,28). The van der Waals surface area contributed by atoms with Crippen molar-refractivity contribution in [1.29, 1.82) is 0 Å². The second kappa shape index (κ2) is 9.44. The lowest BCUT2D eigenvalue weighted by Crippen LogP contribution is -2.32. The predicted octanol–water partition coefficient (Wildman–Crippen LogP) is 5.49. The fourth-order valence-electron chi connectivity index (χ4n) is 3.41. The van der Waals surface area contributed by atoms with Gasteiger partial charge in [0, 0.05) is 28.9 Å². The van der Waals surface area contributed by atoms with Crippen LogP contribution in [-0.4, -0.2) is 22.0 Å². The van der Waals surface area contributed by atoms with Crippen molar-refractivity contribution in [3.8, 4) is 0 Å². The number of carbonyl (C=O) groups excluding carboxylic acids is 1. The molecule has 148 valence electrons. The third-order valence-corrected chi connectivity index (χ3v) is 5.67. The Bertz CT molecular complexity index is 964. The van der Waals surface area contributed by atoms with Crippen molar-refractivity contribution < 1.29 is 4.79 Å². The summed E-state index contributed by atoms with van der Waals surface area (Å²) in [5, 5.41) is 4.31. The lowest BCUT2D eigenvalue weighted by molar-refractivity contribution is -0.125. The summed E-state index contributed by atoms with van der Waals surface area (Å²) in [4.78, 5) is 17.0. The number of amides is 1. The summed E-state index contributed by atoms with van der Waals surface area (Å²) in [6.45, 7) is 5.26. The van der Waals surface area contributed by atoms with Crippen molar-refractivity contribution >= 4 is 40.1 Å². The molecular formula is C22H25Cl2N3O. The first kappa shape index (κ1) is 20.7. The highest BCUT2D eigenvalue weighted by molar-refractivity contribution is 6.35. The van der Waals surface area contributed by atoms with Crippen LogP contribution >= 0.6 is 23.2 Å². The van der Waals surface area contributed by atoms with Gasteiger partial charge in [-0.1, -0.05) is 55.2 Å². The summed E-state index contributed by atoms with van der Waals surface area (Å²) in [5.41, 5.74) is 2.97. The number of benzene rings is 2. The lowest BCUT2D eigenvalue weighted by atomic mass is 10.0. The molecule has 0 fully saturated rings. The molecule has 0 saturated heterocycles. The van der Waals surface area contributed by atoms with E-state index in [2.05, 4.69) is 16.0 Å². The van der Waals surface area contributed by atoms with Gasteiger partial charge in [0.25, 0.3) is 0 Å². The number of carbonyl (C=O) groups is 1. The zero-order valence-electron chi connectivity index (χ0n) is 16.2. The third-order valence-electron chi connectivity index (χ3n) is 5.08. The number of hydrogen-bond acceptors (Lipinski definition) is 2. The van der Waals surface area contributed by atoms with Crippen molar-refractivity contribution in [1.82, 2.24) is 14.9 Å². The van der Waals surface area contributed by atoms with Crippen LogP contribution < -0.4 is 5.32 Å². The first-order valence-electron chi connectivity index (χ1n) is 9.69. The monoisotopic (exact) mass is 417 g/mol. The molecule has 0 atom stereocenters. The average Bonchev–Trinajstić information content (AvgIpc) is 3.02. The Labute approximate surface area is 175 Å². The molecule has 1 amide bonds. The summed E-state index contributed by atoms with van der Waals surface area (Å²) in [7, 11) is 0. The molecular weight excluding hydrogens is 393 g/mol. The maximum absolute atomic E-state index is 12.3. The second-order valence-electron chi connectivity index (χ2n) is 6.89. The van der Waals surface area contributed by atoms with Crippen LogP contribution in [-0.2, 0) is 17.8 Å². The topological polar surface area (TPSA) is 46.9 Å². The van der Waals surface area contributed by atoms with Gasteiger partial charge in [-0.15, -0.1) is 0 Å². The molecule has 1 N–H and O–H groups in total. The van der Waals surface area contributed by atoms with Crippen molar-refractivity contribution in [3.05, 3.63) is 63.9 Å². The molecule has 6 heteroatoms. The number of aromatic nitrogens is 2. The fraction of sp³-hybridized carbons (Fsp3) is 0.364. The predicted molar refractivity (Wildman–Crippen MR) is 116 cm³/mol. The van der Waals surface area contributed by atoms with Gasteiger partial charge < -0.3 is 9.88 Å². The second-order valence-corrected chi connectivity index (χ2v) is 7.74. The van der Waals surface area contributed by atoms with Crippen LogP contribution in [0.1, 0.15) is 38.1 Å². The van der Waals surface area contributed by atoms with E-state index >= 15 is 0 Å². The molecule has 0 aliphatic rings. The highest BCUT2D eigenvalue weighted by Gasteiger charge is 2.15. The summed E-state index contributed by atoms with van der Waals surface area (Å²) >= 11 is 12.4. The van der Waals surface area contributed by atoms with Gasteiger partial charge in [0.05, 0.1) is 17.6 Å². The Kier molecular flexibility index (Phi) is 6.97. The highest BCUT2D eigenvalue weighted by Crippen LogP contribution is 2.24. The van der Waals surface area contributed by atoms with E-state index in [1.807, 2.05) is 44.2 Å². The number of imidazole rings is 1. The SMILES string of the molecule is CCC(CC)C(=O)NCCc1nc2ccccc2n1Cc1ccc(Cl)cc1Cl. The van der Waals surface area contributed by atoms with E-state index in [0.29, 0.717) is 29.6 Å². The number of para-hydroxylation sites is 2. The van der Waals surface area contributed by atoms with Crippen LogP contribution in [0, 0.1) is 5.92 Å². The van der Waals surface area contributed by atoms with Crippen LogP contribution in [0.4, 0.5) is 0 Å². The van der Waals surface area contributed by atoms with Gasteiger partial charge >= 0.3 is 0 Å². The molecule has 0 radical (unpaired) electrons. The van der Waals surface area contributed by atoms with E-state index in [-0.39, 0.29) is 11.8 Å². The maximum atomic E-state index is 12.3. The van der Waals surface area contributed by atoms with Crippen LogP contribution in [0.25, 0.3) is 11.0 Å². The van der Waals surface area contributed by atoms with Gasteiger partial charge in [-0.3, -0.25) is 4.79 Å². The number of nitrogens with one attached hydrogen (secondary N) is 1. The molecule has 0 aliphatic carbocycles. The van der Waals surface area contributed by atoms with E-state index < -0.39 is 0 Å². The molecule has 0 bridgehead atoms. The minimum atomic E-state index is 0.0756. The Morgan fingerprint density at radius 1 is 1.14 bits per heavy atom. The Hall–Kier alpha value is -2.04. The Morgan fingerprint density at radius 2 is 1.89 bits per heavy atom. The zero-order valence-corrected chi connectivity index (χ0v) is 17.7. The molecule has 0 aliphatic heterocycles. The van der Waals surface area contributed by atoms with Crippen molar-refractivity contribution in [2.45, 2.75) is 39.7 Å². The third kappa shape index (κ3) is 4.68. The Balaban J connectivity index is 1.82. The first-order valence-corrected chi connectivity index (χ1v) is 10.4. The van der Waals surface area contributed by atoms with Gasteiger partial charge in [0.1, 0.15) is 5.82 Å². The van der Waals surface area contributed by atoms with E-state index in [1.165, 1.54) is 0 Å². The summed E-state index contributed by atoms with van der Waals surface area (Å²) in [6, 6.07) is 13.6. The molecule has 3 aromatic rings. The van der Waals surface area contributed by atoms with E-state index in [0.717, 1.165) is 35.3 Å². The molecule has 2 aromatic carbocycles. The van der Waals surface area contributed by atoms with Gasteiger partial charge in [-0.05, 0) is 42.7 Å². The Morgan fingerprint density at radius 3 is 2.61 bits per heavy atom. The molecule has 0 saturated carbocycles. The summed E-state index contributed by atoms with van der Waals surface area (Å²) < 4.78 is 2.16. The van der Waals surface area contributed by atoms with E-state index in [4.69, 9.17) is 28.2 Å². The summed E-state index contributed by atoms with van der Waals surface area (Å²) in [5.74, 6) is 1.12. The largest absolute Gasteiger partial charge is 0.355 e. The quantitative estimate of drug-likeness (QED) is 0.526. The van der Waals surface area contributed by atoms with Crippen LogP contribution in [0.5, 0.6) is 0 Å². The molecule has 1 heterocycles. The van der Waals surface area contributed by atoms with Crippen molar-refractivity contribution in [2.75, 3.05) is 6.54 Å². The molecule has 3 rings (SSSR count). The van der Waals surface area contributed by atoms with Crippen molar-refractivity contribution in [2.24, 2.45) is 5.92 Å². The first-order chi connectivity index (χ1) is 13.5. The normalized spacial score (nSPS) is 11.3. The van der Waals surface area contributed by atoms with Gasteiger partial charge in [-0.2, -0.15) is 0 Å².